The summed E-state index contributed by atoms with van der Waals surface area (Å²) in [4.78, 5) is 23.0. The molecule has 1 aromatic rings. The van der Waals surface area contributed by atoms with E-state index >= 15 is 0 Å². The van der Waals surface area contributed by atoms with Crippen LogP contribution < -0.4 is 0 Å². The van der Waals surface area contributed by atoms with E-state index in [2.05, 4.69) is 0 Å². The molecule has 0 unspecified atom stereocenters. The average molecular weight is 316 g/mol. The van der Waals surface area contributed by atoms with Gasteiger partial charge in [-0.1, -0.05) is 37.3 Å². The number of aliphatic hydroxyl groups excluding tert-OH is 1. The molecule has 0 spiro atoms. The first-order valence-electron chi connectivity index (χ1n) is 7.30. The molecule has 0 aliphatic heterocycles. The molecule has 1 aliphatic rings. The first-order chi connectivity index (χ1) is 10.7. The quantitative estimate of drug-likeness (QED) is 0.584. The summed E-state index contributed by atoms with van der Waals surface area (Å²) in [5.41, 5.74) is -1.36. The molecule has 5 nitrogen and oxygen atoms in total. The van der Waals surface area contributed by atoms with E-state index in [-0.39, 0.29) is 18.8 Å². The molecule has 23 heavy (non-hydrogen) atoms. The van der Waals surface area contributed by atoms with E-state index in [4.69, 9.17) is 5.11 Å². The van der Waals surface area contributed by atoms with Gasteiger partial charge in [-0.05, 0) is 24.1 Å². The van der Waals surface area contributed by atoms with E-state index < -0.39 is 17.0 Å². The number of benzene rings is 1. The van der Waals surface area contributed by atoms with Crippen LogP contribution in [0, 0.1) is 5.41 Å². The number of carbonyl (C=O) groups is 2. The van der Waals surface area contributed by atoms with Gasteiger partial charge in [-0.15, -0.1) is 0 Å². The highest BCUT2D eigenvalue weighted by Gasteiger charge is 2.52. The number of carboxylic acids is 1. The standard InChI is InChI=1S/C18H20O5/c1-12(9-16(21)22)7-8-18(23)14-6-4-3-5-13(14)15(20)10-17(18,2)11-19/h3-9,19,23H,10-11H2,1-2H3,(H,21,22)/b8-7+,12-9-/t17-,18+/m1/s1. The second kappa shape index (κ2) is 6.10. The number of hydrogen-bond donors (Lipinski definition) is 3. The van der Waals surface area contributed by atoms with Crippen molar-refractivity contribution in [1.29, 1.82) is 0 Å². The van der Waals surface area contributed by atoms with Crippen LogP contribution in [0.2, 0.25) is 0 Å². The number of fused-ring (bicyclic) bond motifs is 1. The van der Waals surface area contributed by atoms with Crippen molar-refractivity contribution in [3.8, 4) is 0 Å². The molecule has 3 N–H and O–H groups in total. The zero-order valence-electron chi connectivity index (χ0n) is 13.1. The zero-order valence-corrected chi connectivity index (χ0v) is 13.1. The summed E-state index contributed by atoms with van der Waals surface area (Å²) in [5, 5.41) is 29.8. The monoisotopic (exact) mass is 316 g/mol. The lowest BCUT2D eigenvalue weighted by molar-refractivity contribution is -0.131. The molecule has 1 aliphatic carbocycles. The predicted molar refractivity (Wildman–Crippen MR) is 85.0 cm³/mol. The number of aliphatic carboxylic acids is 1. The second-order valence-electron chi connectivity index (χ2n) is 6.19. The minimum Gasteiger partial charge on any atom is -0.478 e. The normalized spacial score (nSPS) is 28.0. The molecular weight excluding hydrogens is 296 g/mol. The third kappa shape index (κ3) is 2.98. The highest BCUT2D eigenvalue weighted by atomic mass is 16.4. The highest BCUT2D eigenvalue weighted by molar-refractivity contribution is 6.00. The first kappa shape index (κ1) is 17.1. The van der Waals surface area contributed by atoms with Crippen LogP contribution in [-0.2, 0) is 10.4 Å². The number of aliphatic hydroxyl groups is 2. The molecule has 0 radical (unpaired) electrons. The number of hydrogen-bond acceptors (Lipinski definition) is 4. The lowest BCUT2D eigenvalue weighted by Gasteiger charge is -2.46. The summed E-state index contributed by atoms with van der Waals surface area (Å²) in [7, 11) is 0. The molecule has 122 valence electrons. The smallest absolute Gasteiger partial charge is 0.328 e. The third-order valence-electron chi connectivity index (χ3n) is 4.40. The Labute approximate surface area is 134 Å². The van der Waals surface area contributed by atoms with Crippen molar-refractivity contribution in [2.24, 2.45) is 5.41 Å². The minimum atomic E-state index is -1.57. The average Bonchev–Trinajstić information content (AvgIpc) is 2.50. The van der Waals surface area contributed by atoms with E-state index in [1.807, 2.05) is 0 Å². The van der Waals surface area contributed by atoms with Crippen LogP contribution in [0.4, 0.5) is 0 Å². The maximum Gasteiger partial charge on any atom is 0.328 e. The lowest BCUT2D eigenvalue weighted by atomic mass is 9.61. The molecule has 1 aromatic carbocycles. The van der Waals surface area contributed by atoms with Crippen molar-refractivity contribution in [3.63, 3.8) is 0 Å². The topological polar surface area (TPSA) is 94.8 Å². The van der Waals surface area contributed by atoms with Crippen LogP contribution >= 0.6 is 0 Å². The maximum absolute atomic E-state index is 12.3. The van der Waals surface area contributed by atoms with Gasteiger partial charge in [0.1, 0.15) is 5.60 Å². The Kier molecular flexibility index (Phi) is 4.54. The summed E-state index contributed by atoms with van der Waals surface area (Å²) in [6.07, 6.45) is 3.98. The van der Waals surface area contributed by atoms with Gasteiger partial charge in [0.05, 0.1) is 6.61 Å². The largest absolute Gasteiger partial charge is 0.478 e. The van der Waals surface area contributed by atoms with E-state index in [9.17, 15) is 19.8 Å². The fourth-order valence-electron chi connectivity index (χ4n) is 2.93. The van der Waals surface area contributed by atoms with Crippen molar-refractivity contribution in [2.75, 3.05) is 6.61 Å². The number of rotatable bonds is 4. The Morgan fingerprint density at radius 1 is 1.35 bits per heavy atom. The van der Waals surface area contributed by atoms with E-state index in [0.717, 1.165) is 6.08 Å². The number of allylic oxidation sites excluding steroid dienone is 2. The first-order valence-corrected chi connectivity index (χ1v) is 7.30. The van der Waals surface area contributed by atoms with Gasteiger partial charge in [-0.25, -0.2) is 4.79 Å². The van der Waals surface area contributed by atoms with Crippen LogP contribution in [0.15, 0.2) is 48.1 Å². The summed E-state index contributed by atoms with van der Waals surface area (Å²) in [5.74, 6) is -1.21. The van der Waals surface area contributed by atoms with Crippen LogP contribution in [0.5, 0.6) is 0 Å². The number of Topliss-reactive ketones (excluding diaryl/α,β-unsaturated/α-hetero) is 1. The molecule has 0 aromatic heterocycles. The Bertz CT molecular complexity index is 703. The van der Waals surface area contributed by atoms with Crippen molar-refractivity contribution < 1.29 is 24.9 Å². The Morgan fingerprint density at radius 3 is 2.61 bits per heavy atom. The van der Waals surface area contributed by atoms with Crippen molar-refractivity contribution >= 4 is 11.8 Å². The number of ketones is 1. The van der Waals surface area contributed by atoms with Gasteiger partial charge in [0, 0.05) is 23.5 Å². The zero-order chi connectivity index (χ0) is 17.3. The third-order valence-corrected chi connectivity index (χ3v) is 4.40. The minimum absolute atomic E-state index is 0.00302. The van der Waals surface area contributed by atoms with Gasteiger partial charge < -0.3 is 15.3 Å². The molecule has 0 saturated carbocycles. The van der Waals surface area contributed by atoms with Gasteiger partial charge in [0.25, 0.3) is 0 Å². The van der Waals surface area contributed by atoms with Crippen molar-refractivity contribution in [2.45, 2.75) is 25.9 Å². The molecule has 0 heterocycles. The van der Waals surface area contributed by atoms with Crippen LogP contribution in [-0.4, -0.2) is 33.7 Å². The van der Waals surface area contributed by atoms with E-state index in [1.54, 1.807) is 38.1 Å². The van der Waals surface area contributed by atoms with Gasteiger partial charge in [0.15, 0.2) is 5.78 Å². The Morgan fingerprint density at radius 2 is 2.00 bits per heavy atom. The maximum atomic E-state index is 12.3. The summed E-state index contributed by atoms with van der Waals surface area (Å²) < 4.78 is 0. The van der Waals surface area contributed by atoms with Crippen LogP contribution in [0.25, 0.3) is 0 Å². The van der Waals surface area contributed by atoms with Gasteiger partial charge in [0.2, 0.25) is 0 Å². The predicted octanol–water partition coefficient (Wildman–Crippen LogP) is 2.05. The van der Waals surface area contributed by atoms with Crippen molar-refractivity contribution in [3.05, 3.63) is 59.2 Å². The Balaban J connectivity index is 2.59. The van der Waals surface area contributed by atoms with Gasteiger partial charge in [-0.3, -0.25) is 4.79 Å². The Hall–Kier alpha value is -2.24. The van der Waals surface area contributed by atoms with Crippen LogP contribution in [0.1, 0.15) is 36.2 Å². The number of carbonyl (C=O) groups excluding carboxylic acids is 1. The molecule has 0 amide bonds. The van der Waals surface area contributed by atoms with E-state index in [1.165, 1.54) is 12.2 Å². The fraction of sp³-hybridized carbons (Fsp3) is 0.333. The summed E-state index contributed by atoms with van der Waals surface area (Å²) in [6, 6.07) is 6.74. The molecule has 5 heteroatoms. The fourth-order valence-corrected chi connectivity index (χ4v) is 2.93. The molecule has 2 rings (SSSR count). The summed E-state index contributed by atoms with van der Waals surface area (Å²) >= 11 is 0. The number of carboxylic acid groups (broad SMARTS) is 1. The van der Waals surface area contributed by atoms with Crippen LogP contribution in [0.3, 0.4) is 0 Å². The van der Waals surface area contributed by atoms with E-state index in [0.29, 0.717) is 16.7 Å². The SMILES string of the molecule is CC(=C/C(=O)O)/C=C/[C@]1(O)c2ccccc2C(=O)C[C@]1(C)CO. The van der Waals surface area contributed by atoms with Gasteiger partial charge >= 0.3 is 5.97 Å². The molecule has 0 bridgehead atoms. The van der Waals surface area contributed by atoms with Crippen molar-refractivity contribution in [1.82, 2.24) is 0 Å². The molecule has 0 fully saturated rings. The molecule has 0 saturated heterocycles. The summed E-state index contributed by atoms with van der Waals surface area (Å²) in [6.45, 7) is 2.86. The molecule has 2 atom stereocenters. The van der Waals surface area contributed by atoms with Gasteiger partial charge in [-0.2, -0.15) is 0 Å². The second-order valence-corrected chi connectivity index (χ2v) is 6.19. The highest BCUT2D eigenvalue weighted by Crippen LogP contribution is 2.49. The lowest BCUT2D eigenvalue weighted by Crippen LogP contribution is -2.50. The molecular formula is C18H20O5.